The SMILES string of the molecule is CC1CN(c2ccc([N+](=O)[O-])nc2)CCN1OC(=O)C(C)(C)C. The first kappa shape index (κ1) is 17.1. The maximum absolute atomic E-state index is 12.0. The molecule has 2 rings (SSSR count). The molecular weight excluding hydrogens is 300 g/mol. The summed E-state index contributed by atoms with van der Waals surface area (Å²) in [5.74, 6) is -0.422. The molecule has 23 heavy (non-hydrogen) atoms. The van der Waals surface area contributed by atoms with Gasteiger partial charge in [0, 0.05) is 19.2 Å². The molecule has 0 radical (unpaired) electrons. The number of pyridine rings is 1. The van der Waals surface area contributed by atoms with Crippen LogP contribution >= 0.6 is 0 Å². The van der Waals surface area contributed by atoms with Crippen molar-refractivity contribution in [1.82, 2.24) is 10.0 Å². The maximum Gasteiger partial charge on any atom is 0.363 e. The summed E-state index contributed by atoms with van der Waals surface area (Å²) in [6.07, 6.45) is 1.50. The lowest BCUT2D eigenvalue weighted by Gasteiger charge is -2.39. The summed E-state index contributed by atoms with van der Waals surface area (Å²) in [5.41, 5.74) is 0.281. The maximum atomic E-state index is 12.0. The van der Waals surface area contributed by atoms with Gasteiger partial charge in [0.2, 0.25) is 0 Å². The van der Waals surface area contributed by atoms with Gasteiger partial charge in [-0.25, -0.2) is 4.79 Å². The molecule has 8 nitrogen and oxygen atoms in total. The van der Waals surface area contributed by atoms with E-state index < -0.39 is 10.3 Å². The van der Waals surface area contributed by atoms with E-state index in [1.165, 1.54) is 12.3 Å². The predicted octanol–water partition coefficient (Wildman–Crippen LogP) is 2.00. The number of nitrogens with zero attached hydrogens (tertiary/aromatic N) is 4. The molecule has 0 amide bonds. The Morgan fingerprint density at radius 2 is 2.09 bits per heavy atom. The van der Waals surface area contributed by atoms with Crippen LogP contribution in [-0.2, 0) is 9.63 Å². The summed E-state index contributed by atoms with van der Waals surface area (Å²) in [7, 11) is 0. The Labute approximate surface area is 135 Å². The van der Waals surface area contributed by atoms with Crippen molar-refractivity contribution in [3.05, 3.63) is 28.4 Å². The summed E-state index contributed by atoms with van der Waals surface area (Å²) in [6, 6.07) is 3.10. The van der Waals surface area contributed by atoms with Crippen LogP contribution in [0.3, 0.4) is 0 Å². The van der Waals surface area contributed by atoms with Crippen LogP contribution in [-0.4, -0.2) is 46.6 Å². The van der Waals surface area contributed by atoms with E-state index in [0.29, 0.717) is 19.6 Å². The van der Waals surface area contributed by atoms with Gasteiger partial charge in [0.25, 0.3) is 0 Å². The molecule has 1 atom stereocenters. The zero-order valence-corrected chi connectivity index (χ0v) is 13.9. The number of rotatable bonds is 3. The lowest BCUT2D eigenvalue weighted by Crippen LogP contribution is -2.53. The van der Waals surface area contributed by atoms with Gasteiger partial charge in [-0.3, -0.25) is 0 Å². The number of nitro groups is 1. The number of piperazine rings is 1. The minimum atomic E-state index is -0.543. The molecular formula is C15H22N4O4. The molecule has 0 saturated carbocycles. The predicted molar refractivity (Wildman–Crippen MR) is 84.8 cm³/mol. The smallest absolute Gasteiger partial charge is 0.363 e. The fraction of sp³-hybridized carbons (Fsp3) is 0.600. The molecule has 1 saturated heterocycles. The van der Waals surface area contributed by atoms with Crippen molar-refractivity contribution in [2.24, 2.45) is 5.41 Å². The molecule has 0 N–H and O–H groups in total. The molecule has 0 aromatic carbocycles. The van der Waals surface area contributed by atoms with Gasteiger partial charge >= 0.3 is 11.8 Å². The minimum absolute atomic E-state index is 0.0187. The largest absolute Gasteiger partial charge is 0.367 e. The van der Waals surface area contributed by atoms with Gasteiger partial charge in [0.15, 0.2) is 6.20 Å². The molecule has 1 unspecified atom stereocenters. The second-order valence-corrected chi connectivity index (χ2v) is 6.70. The van der Waals surface area contributed by atoms with Crippen molar-refractivity contribution in [1.29, 1.82) is 0 Å². The quantitative estimate of drug-likeness (QED) is 0.621. The van der Waals surface area contributed by atoms with Crippen LogP contribution in [0.2, 0.25) is 0 Å². The molecule has 1 aliphatic rings. The number of hydroxylamine groups is 2. The fourth-order valence-corrected chi connectivity index (χ4v) is 2.23. The highest BCUT2D eigenvalue weighted by Gasteiger charge is 2.31. The first-order valence-corrected chi connectivity index (χ1v) is 7.53. The monoisotopic (exact) mass is 322 g/mol. The van der Waals surface area contributed by atoms with Crippen LogP contribution in [0.5, 0.6) is 0 Å². The third-order valence-corrected chi connectivity index (χ3v) is 3.66. The number of aromatic nitrogens is 1. The molecule has 8 heteroatoms. The molecule has 126 valence electrons. The van der Waals surface area contributed by atoms with Gasteiger partial charge in [-0.2, -0.15) is 0 Å². The van der Waals surface area contributed by atoms with E-state index in [9.17, 15) is 14.9 Å². The second-order valence-electron chi connectivity index (χ2n) is 6.70. The van der Waals surface area contributed by atoms with Crippen LogP contribution in [0.1, 0.15) is 27.7 Å². The Morgan fingerprint density at radius 1 is 1.39 bits per heavy atom. The Bertz CT molecular complexity index is 582. The number of hydrogen-bond acceptors (Lipinski definition) is 7. The van der Waals surface area contributed by atoms with Crippen molar-refractivity contribution in [2.45, 2.75) is 33.7 Å². The van der Waals surface area contributed by atoms with E-state index in [1.807, 2.05) is 27.7 Å². The number of hydrogen-bond donors (Lipinski definition) is 0. The summed E-state index contributed by atoms with van der Waals surface area (Å²) in [5, 5.41) is 12.3. The average molecular weight is 322 g/mol. The second kappa shape index (κ2) is 6.49. The van der Waals surface area contributed by atoms with Crippen molar-refractivity contribution in [2.75, 3.05) is 24.5 Å². The summed E-state index contributed by atoms with van der Waals surface area (Å²) < 4.78 is 0. The number of carbonyl (C=O) groups excluding carboxylic acids is 1. The van der Waals surface area contributed by atoms with Crippen LogP contribution in [0.4, 0.5) is 11.5 Å². The van der Waals surface area contributed by atoms with E-state index in [1.54, 1.807) is 11.1 Å². The lowest BCUT2D eigenvalue weighted by molar-refractivity contribution is -0.389. The van der Waals surface area contributed by atoms with E-state index in [-0.39, 0.29) is 17.8 Å². The fourth-order valence-electron chi connectivity index (χ4n) is 2.23. The lowest BCUT2D eigenvalue weighted by atomic mass is 9.98. The Hall–Kier alpha value is -2.22. The van der Waals surface area contributed by atoms with Crippen LogP contribution in [0.15, 0.2) is 18.3 Å². The van der Waals surface area contributed by atoms with E-state index in [0.717, 1.165) is 5.69 Å². The number of anilines is 1. The van der Waals surface area contributed by atoms with E-state index in [2.05, 4.69) is 9.88 Å². The van der Waals surface area contributed by atoms with Gasteiger partial charge in [-0.05, 0) is 43.7 Å². The molecule has 2 heterocycles. The highest BCUT2D eigenvalue weighted by Crippen LogP contribution is 2.22. The highest BCUT2D eigenvalue weighted by molar-refractivity contribution is 5.75. The van der Waals surface area contributed by atoms with Crippen molar-refractivity contribution >= 4 is 17.5 Å². The van der Waals surface area contributed by atoms with Gasteiger partial charge in [-0.1, -0.05) is 0 Å². The Morgan fingerprint density at radius 3 is 2.57 bits per heavy atom. The molecule has 1 aromatic rings. The molecule has 1 aromatic heterocycles. The summed E-state index contributed by atoms with van der Waals surface area (Å²) in [4.78, 5) is 33.5. The van der Waals surface area contributed by atoms with Gasteiger partial charge < -0.3 is 19.9 Å². The van der Waals surface area contributed by atoms with Gasteiger partial charge in [0.05, 0.1) is 23.7 Å². The van der Waals surface area contributed by atoms with E-state index in [4.69, 9.17) is 4.84 Å². The van der Waals surface area contributed by atoms with Gasteiger partial charge in [-0.15, -0.1) is 5.06 Å². The van der Waals surface area contributed by atoms with Crippen molar-refractivity contribution < 1.29 is 14.6 Å². The number of carbonyl (C=O) groups is 1. The third-order valence-electron chi connectivity index (χ3n) is 3.66. The van der Waals surface area contributed by atoms with E-state index >= 15 is 0 Å². The summed E-state index contributed by atoms with van der Waals surface area (Å²) in [6.45, 7) is 9.30. The molecule has 0 bridgehead atoms. The van der Waals surface area contributed by atoms with Gasteiger partial charge in [0.1, 0.15) is 0 Å². The minimum Gasteiger partial charge on any atom is -0.367 e. The molecule has 1 aliphatic heterocycles. The van der Waals surface area contributed by atoms with Crippen molar-refractivity contribution in [3.8, 4) is 0 Å². The standard InChI is InChI=1S/C15H22N4O4/c1-11-10-17(12-5-6-13(16-9-12)19(21)22)7-8-18(11)23-14(20)15(2,3)4/h5-6,9,11H,7-8,10H2,1-4H3. The summed E-state index contributed by atoms with van der Waals surface area (Å²) >= 11 is 0. The average Bonchev–Trinajstić information content (AvgIpc) is 2.48. The Kier molecular flexibility index (Phi) is 4.84. The van der Waals surface area contributed by atoms with Crippen molar-refractivity contribution in [3.63, 3.8) is 0 Å². The highest BCUT2D eigenvalue weighted by atomic mass is 16.7. The molecule has 0 aliphatic carbocycles. The molecule has 1 fully saturated rings. The zero-order chi connectivity index (χ0) is 17.2. The van der Waals surface area contributed by atoms with Crippen LogP contribution in [0.25, 0.3) is 0 Å². The molecule has 0 spiro atoms. The zero-order valence-electron chi connectivity index (χ0n) is 13.9. The normalized spacial score (nSPS) is 19.5. The van der Waals surface area contributed by atoms with Crippen LogP contribution in [0, 0.1) is 15.5 Å². The first-order chi connectivity index (χ1) is 10.7. The Balaban J connectivity index is 1.98. The topological polar surface area (TPSA) is 88.8 Å². The third kappa shape index (κ3) is 4.16. The first-order valence-electron chi connectivity index (χ1n) is 7.53. The van der Waals surface area contributed by atoms with Crippen LogP contribution < -0.4 is 4.90 Å².